The molecule has 0 radical (unpaired) electrons. The Morgan fingerprint density at radius 2 is 2.00 bits per heavy atom. The van der Waals surface area contributed by atoms with Crippen LogP contribution in [-0.4, -0.2) is 9.38 Å². The van der Waals surface area contributed by atoms with Crippen molar-refractivity contribution in [1.29, 1.82) is 0 Å². The lowest BCUT2D eigenvalue weighted by atomic mass is 10.1. The van der Waals surface area contributed by atoms with E-state index in [0.29, 0.717) is 0 Å². The van der Waals surface area contributed by atoms with Gasteiger partial charge >= 0.3 is 0 Å². The maximum atomic E-state index is 4.14. The van der Waals surface area contributed by atoms with Gasteiger partial charge in [0.1, 0.15) is 0 Å². The van der Waals surface area contributed by atoms with Crippen molar-refractivity contribution in [2.24, 2.45) is 0 Å². The van der Waals surface area contributed by atoms with Crippen LogP contribution in [0.3, 0.4) is 0 Å². The molecule has 0 unspecified atom stereocenters. The van der Waals surface area contributed by atoms with E-state index in [0.717, 1.165) is 5.56 Å². The van der Waals surface area contributed by atoms with Crippen LogP contribution < -0.4 is 0 Å². The van der Waals surface area contributed by atoms with Crippen LogP contribution >= 0.6 is 0 Å². The molecule has 0 fully saturated rings. The smallest absolute Gasteiger partial charge is 0.0456 e. The molecule has 0 N–H and O–H groups in total. The maximum absolute atomic E-state index is 4.14. The van der Waals surface area contributed by atoms with Crippen molar-refractivity contribution >= 4 is 5.52 Å². The molecular formula is C14H12N2. The lowest BCUT2D eigenvalue weighted by Gasteiger charge is -1.95. The zero-order chi connectivity index (χ0) is 11.0. The number of hydrogen-bond acceptors (Lipinski definition) is 1. The molecular weight excluding hydrogens is 196 g/mol. The SMILES string of the molecule is Cc1ccc2cc(-c3cccnc3)cn2c1. The summed E-state index contributed by atoms with van der Waals surface area (Å²) in [6, 6.07) is 10.5. The van der Waals surface area contributed by atoms with Gasteiger partial charge in [0.15, 0.2) is 0 Å². The molecule has 0 spiro atoms. The van der Waals surface area contributed by atoms with Crippen molar-refractivity contribution in [3.8, 4) is 11.1 Å². The normalized spacial score (nSPS) is 10.8. The van der Waals surface area contributed by atoms with Crippen molar-refractivity contribution in [3.63, 3.8) is 0 Å². The summed E-state index contributed by atoms with van der Waals surface area (Å²) in [5.41, 5.74) is 4.84. The van der Waals surface area contributed by atoms with E-state index in [1.165, 1.54) is 16.6 Å². The minimum absolute atomic E-state index is 1.16. The van der Waals surface area contributed by atoms with E-state index < -0.39 is 0 Å². The number of fused-ring (bicyclic) bond motifs is 1. The standard InChI is InChI=1S/C14H12N2/c1-11-4-5-14-7-13(10-16(14)9-11)12-3-2-6-15-8-12/h2-10H,1H3. The Kier molecular flexibility index (Phi) is 2.00. The molecule has 0 saturated heterocycles. The minimum atomic E-state index is 1.16. The molecule has 0 aliphatic rings. The molecule has 0 aromatic carbocycles. The summed E-state index contributed by atoms with van der Waals surface area (Å²) in [7, 11) is 0. The van der Waals surface area contributed by atoms with Crippen LogP contribution in [0.4, 0.5) is 0 Å². The molecule has 16 heavy (non-hydrogen) atoms. The highest BCUT2D eigenvalue weighted by Crippen LogP contribution is 2.21. The predicted molar refractivity (Wildman–Crippen MR) is 65.4 cm³/mol. The molecule has 3 heterocycles. The van der Waals surface area contributed by atoms with E-state index in [4.69, 9.17) is 0 Å². The molecule has 0 saturated carbocycles. The average Bonchev–Trinajstić information content (AvgIpc) is 2.73. The van der Waals surface area contributed by atoms with Crippen LogP contribution in [0.25, 0.3) is 16.6 Å². The Morgan fingerprint density at radius 3 is 2.81 bits per heavy atom. The molecule has 78 valence electrons. The first kappa shape index (κ1) is 9.16. The largest absolute Gasteiger partial charge is 0.323 e. The van der Waals surface area contributed by atoms with E-state index >= 15 is 0 Å². The Bertz CT molecular complexity index is 624. The molecule has 3 aromatic heterocycles. The van der Waals surface area contributed by atoms with Crippen LogP contribution in [0, 0.1) is 6.92 Å². The zero-order valence-corrected chi connectivity index (χ0v) is 9.09. The second-order valence-corrected chi connectivity index (χ2v) is 4.01. The summed E-state index contributed by atoms with van der Waals surface area (Å²) in [5, 5.41) is 0. The quantitative estimate of drug-likeness (QED) is 0.599. The van der Waals surface area contributed by atoms with Gasteiger partial charge in [-0.2, -0.15) is 0 Å². The van der Waals surface area contributed by atoms with Gasteiger partial charge in [-0.3, -0.25) is 4.98 Å². The maximum Gasteiger partial charge on any atom is 0.0456 e. The van der Waals surface area contributed by atoms with E-state index in [9.17, 15) is 0 Å². The fourth-order valence-corrected chi connectivity index (χ4v) is 1.91. The second-order valence-electron chi connectivity index (χ2n) is 4.01. The number of pyridine rings is 2. The summed E-state index contributed by atoms with van der Waals surface area (Å²) in [6.07, 6.45) is 7.96. The summed E-state index contributed by atoms with van der Waals surface area (Å²) in [4.78, 5) is 4.14. The Balaban J connectivity index is 2.19. The van der Waals surface area contributed by atoms with Crippen molar-refractivity contribution < 1.29 is 0 Å². The monoisotopic (exact) mass is 208 g/mol. The lowest BCUT2D eigenvalue weighted by molar-refractivity contribution is 1.17. The first-order valence-corrected chi connectivity index (χ1v) is 5.32. The third kappa shape index (κ3) is 1.48. The van der Waals surface area contributed by atoms with E-state index in [-0.39, 0.29) is 0 Å². The van der Waals surface area contributed by atoms with Crippen molar-refractivity contribution in [2.75, 3.05) is 0 Å². The van der Waals surface area contributed by atoms with Gasteiger partial charge in [-0.1, -0.05) is 12.1 Å². The van der Waals surface area contributed by atoms with E-state index in [1.54, 1.807) is 6.20 Å². The Labute approximate surface area is 94.2 Å². The number of rotatable bonds is 1. The van der Waals surface area contributed by atoms with Gasteiger partial charge in [-0.25, -0.2) is 0 Å². The van der Waals surface area contributed by atoms with Gasteiger partial charge in [0, 0.05) is 41.4 Å². The van der Waals surface area contributed by atoms with Crippen molar-refractivity contribution in [1.82, 2.24) is 9.38 Å². The summed E-state index contributed by atoms with van der Waals surface area (Å²) >= 11 is 0. The highest BCUT2D eigenvalue weighted by Gasteiger charge is 2.01. The lowest BCUT2D eigenvalue weighted by Crippen LogP contribution is -1.81. The summed E-state index contributed by atoms with van der Waals surface area (Å²) < 4.78 is 2.15. The topological polar surface area (TPSA) is 17.3 Å². The minimum Gasteiger partial charge on any atom is -0.323 e. The van der Waals surface area contributed by atoms with Gasteiger partial charge in [0.2, 0.25) is 0 Å². The van der Waals surface area contributed by atoms with E-state index in [1.807, 2.05) is 12.3 Å². The highest BCUT2D eigenvalue weighted by atomic mass is 14.9. The molecule has 3 rings (SSSR count). The van der Waals surface area contributed by atoms with Gasteiger partial charge in [-0.05, 0) is 30.7 Å². The number of nitrogens with zero attached hydrogens (tertiary/aromatic N) is 2. The van der Waals surface area contributed by atoms with Crippen molar-refractivity contribution in [2.45, 2.75) is 6.92 Å². The van der Waals surface area contributed by atoms with Crippen LogP contribution in [0.5, 0.6) is 0 Å². The first-order chi connectivity index (χ1) is 7.83. The van der Waals surface area contributed by atoms with Crippen molar-refractivity contribution in [3.05, 3.63) is 60.7 Å². The number of hydrogen-bond donors (Lipinski definition) is 0. The predicted octanol–water partition coefficient (Wildman–Crippen LogP) is 3.31. The first-order valence-electron chi connectivity index (χ1n) is 5.32. The number of aryl methyl sites for hydroxylation is 1. The van der Waals surface area contributed by atoms with Crippen LogP contribution in [0.15, 0.2) is 55.1 Å². The third-order valence-corrected chi connectivity index (χ3v) is 2.73. The van der Waals surface area contributed by atoms with Crippen LogP contribution in [0.1, 0.15) is 5.56 Å². The van der Waals surface area contributed by atoms with Crippen LogP contribution in [-0.2, 0) is 0 Å². The molecule has 2 nitrogen and oxygen atoms in total. The zero-order valence-electron chi connectivity index (χ0n) is 9.09. The molecule has 0 aliphatic carbocycles. The number of aromatic nitrogens is 2. The van der Waals surface area contributed by atoms with Gasteiger partial charge < -0.3 is 4.40 Å². The third-order valence-electron chi connectivity index (χ3n) is 2.73. The summed E-state index contributed by atoms with van der Waals surface area (Å²) in [6.45, 7) is 2.10. The fraction of sp³-hybridized carbons (Fsp3) is 0.0714. The molecule has 0 amide bonds. The highest BCUT2D eigenvalue weighted by molar-refractivity contribution is 5.69. The molecule has 2 heteroatoms. The van der Waals surface area contributed by atoms with E-state index in [2.05, 4.69) is 53.0 Å². The molecule has 3 aromatic rings. The Hall–Kier alpha value is -2.09. The van der Waals surface area contributed by atoms with Crippen LogP contribution in [0.2, 0.25) is 0 Å². The molecule has 0 aliphatic heterocycles. The average molecular weight is 208 g/mol. The fourth-order valence-electron chi connectivity index (χ4n) is 1.91. The van der Waals surface area contributed by atoms with Gasteiger partial charge in [-0.15, -0.1) is 0 Å². The Morgan fingerprint density at radius 1 is 1.06 bits per heavy atom. The second kappa shape index (κ2) is 3.49. The van der Waals surface area contributed by atoms with Gasteiger partial charge in [0.25, 0.3) is 0 Å². The summed E-state index contributed by atoms with van der Waals surface area (Å²) in [5.74, 6) is 0. The molecule has 0 atom stereocenters. The van der Waals surface area contributed by atoms with Gasteiger partial charge in [0.05, 0.1) is 0 Å². The molecule has 0 bridgehead atoms.